The third-order valence-electron chi connectivity index (χ3n) is 5.36. The van der Waals surface area contributed by atoms with E-state index >= 15 is 0 Å². The molecule has 0 unspecified atom stereocenters. The van der Waals surface area contributed by atoms with E-state index in [1.807, 2.05) is 0 Å². The Kier molecular flexibility index (Phi) is 6.41. The second kappa shape index (κ2) is 9.41. The fourth-order valence-electron chi connectivity index (χ4n) is 3.59. The normalized spacial score (nSPS) is 14.1. The van der Waals surface area contributed by atoms with Crippen LogP contribution in [0.1, 0.15) is 20.7 Å². The highest BCUT2D eigenvalue weighted by atomic mass is 32.2. The summed E-state index contributed by atoms with van der Waals surface area (Å²) in [6.07, 6.45) is 0. The molecule has 3 aromatic carbocycles. The molecular formula is C24H22FN3O4S. The van der Waals surface area contributed by atoms with Gasteiger partial charge in [-0.15, -0.1) is 0 Å². The highest BCUT2D eigenvalue weighted by Crippen LogP contribution is 2.18. The molecule has 1 fully saturated rings. The van der Waals surface area contributed by atoms with Crippen molar-refractivity contribution in [1.82, 2.24) is 9.80 Å². The zero-order valence-electron chi connectivity index (χ0n) is 17.6. The van der Waals surface area contributed by atoms with Crippen LogP contribution in [-0.4, -0.2) is 56.2 Å². The van der Waals surface area contributed by atoms with Crippen molar-refractivity contribution in [2.45, 2.75) is 4.90 Å². The summed E-state index contributed by atoms with van der Waals surface area (Å²) in [4.78, 5) is 28.8. The van der Waals surface area contributed by atoms with Crippen LogP contribution >= 0.6 is 0 Å². The maximum absolute atomic E-state index is 13.4. The zero-order valence-corrected chi connectivity index (χ0v) is 18.5. The summed E-state index contributed by atoms with van der Waals surface area (Å²) >= 11 is 0. The van der Waals surface area contributed by atoms with Crippen LogP contribution in [-0.2, 0) is 10.0 Å². The topological polar surface area (TPSA) is 86.8 Å². The molecule has 9 heteroatoms. The summed E-state index contributed by atoms with van der Waals surface area (Å²) < 4.78 is 40.8. The van der Waals surface area contributed by atoms with Crippen molar-refractivity contribution in [2.75, 3.05) is 30.9 Å². The molecule has 2 amide bonds. The number of halogens is 1. The SMILES string of the molecule is O=C(c1ccc(NS(=O)(=O)c2ccccc2)cc1)N1CCN(C(=O)c2cccc(F)c2)CC1. The third kappa shape index (κ3) is 5.20. The van der Waals surface area contributed by atoms with Crippen LogP contribution in [0.3, 0.4) is 0 Å². The number of anilines is 1. The van der Waals surface area contributed by atoms with Gasteiger partial charge in [0.05, 0.1) is 4.90 Å². The molecule has 0 aliphatic carbocycles. The van der Waals surface area contributed by atoms with Gasteiger partial charge in [-0.05, 0) is 54.6 Å². The van der Waals surface area contributed by atoms with Crippen molar-refractivity contribution in [3.63, 3.8) is 0 Å². The first kappa shape index (κ1) is 22.5. The number of piperazine rings is 1. The standard InChI is InChI=1S/C24H22FN3O4S/c25-20-6-4-5-19(17-20)24(30)28-15-13-27(14-16-28)23(29)18-9-11-21(12-10-18)26-33(31,32)22-7-2-1-3-8-22/h1-12,17,26H,13-16H2. The third-order valence-corrected chi connectivity index (χ3v) is 6.76. The summed E-state index contributed by atoms with van der Waals surface area (Å²) in [6.45, 7) is 1.39. The molecule has 1 saturated heterocycles. The van der Waals surface area contributed by atoms with E-state index in [1.54, 1.807) is 46.2 Å². The van der Waals surface area contributed by atoms with Crippen LogP contribution in [0.25, 0.3) is 0 Å². The van der Waals surface area contributed by atoms with Crippen molar-refractivity contribution in [1.29, 1.82) is 0 Å². The number of carbonyl (C=O) groups excluding carboxylic acids is 2. The lowest BCUT2D eigenvalue weighted by Crippen LogP contribution is -2.50. The van der Waals surface area contributed by atoms with Crippen LogP contribution in [0.4, 0.5) is 10.1 Å². The Balaban J connectivity index is 1.36. The summed E-state index contributed by atoms with van der Waals surface area (Å²) in [5, 5.41) is 0. The molecular weight excluding hydrogens is 445 g/mol. The first-order chi connectivity index (χ1) is 15.8. The Morgan fingerprint density at radius 2 is 1.30 bits per heavy atom. The van der Waals surface area contributed by atoms with Crippen LogP contribution in [0.2, 0.25) is 0 Å². The number of rotatable bonds is 5. The van der Waals surface area contributed by atoms with Crippen LogP contribution in [0, 0.1) is 5.82 Å². The average Bonchev–Trinajstić information content (AvgIpc) is 2.84. The lowest BCUT2D eigenvalue weighted by Gasteiger charge is -2.35. The lowest BCUT2D eigenvalue weighted by atomic mass is 10.1. The predicted molar refractivity (Wildman–Crippen MR) is 122 cm³/mol. The van der Waals surface area contributed by atoms with Gasteiger partial charge < -0.3 is 9.80 Å². The monoisotopic (exact) mass is 467 g/mol. The first-order valence-electron chi connectivity index (χ1n) is 10.4. The van der Waals surface area contributed by atoms with Crippen LogP contribution in [0.15, 0.2) is 83.8 Å². The maximum atomic E-state index is 13.4. The van der Waals surface area contributed by atoms with Gasteiger partial charge in [-0.1, -0.05) is 24.3 Å². The summed E-state index contributed by atoms with van der Waals surface area (Å²) in [6, 6.07) is 19.8. The summed E-state index contributed by atoms with van der Waals surface area (Å²) in [7, 11) is -3.71. The van der Waals surface area contributed by atoms with E-state index in [2.05, 4.69) is 4.72 Å². The molecule has 0 bridgehead atoms. The number of amides is 2. The van der Waals surface area contributed by atoms with Crippen LogP contribution in [0.5, 0.6) is 0 Å². The quantitative estimate of drug-likeness (QED) is 0.624. The van der Waals surface area contributed by atoms with E-state index in [4.69, 9.17) is 0 Å². The fraction of sp³-hybridized carbons (Fsp3) is 0.167. The number of nitrogens with one attached hydrogen (secondary N) is 1. The Labute approximate surface area is 191 Å². The summed E-state index contributed by atoms with van der Waals surface area (Å²) in [5.41, 5.74) is 1.05. The number of sulfonamides is 1. The minimum atomic E-state index is -3.71. The molecule has 170 valence electrons. The largest absolute Gasteiger partial charge is 0.335 e. The van der Waals surface area contributed by atoms with E-state index in [-0.39, 0.29) is 22.3 Å². The van der Waals surface area contributed by atoms with Crippen molar-refractivity contribution in [3.8, 4) is 0 Å². The van der Waals surface area contributed by atoms with Crippen molar-refractivity contribution in [2.24, 2.45) is 0 Å². The van der Waals surface area contributed by atoms with E-state index < -0.39 is 15.8 Å². The van der Waals surface area contributed by atoms with Crippen molar-refractivity contribution < 1.29 is 22.4 Å². The van der Waals surface area contributed by atoms with Gasteiger partial charge in [-0.25, -0.2) is 12.8 Å². The Bertz CT molecular complexity index is 1260. The number of carbonyl (C=O) groups is 2. The molecule has 0 atom stereocenters. The van der Waals surface area contributed by atoms with Gasteiger partial charge in [0.15, 0.2) is 0 Å². The number of hydrogen-bond acceptors (Lipinski definition) is 4. The van der Waals surface area contributed by atoms with Gasteiger partial charge in [0, 0.05) is 43.0 Å². The van der Waals surface area contributed by atoms with Gasteiger partial charge in [0.25, 0.3) is 21.8 Å². The zero-order chi connectivity index (χ0) is 23.4. The molecule has 0 radical (unpaired) electrons. The second-order valence-corrected chi connectivity index (χ2v) is 9.27. The number of benzene rings is 3. The molecule has 3 aromatic rings. The Morgan fingerprint density at radius 1 is 0.727 bits per heavy atom. The smallest absolute Gasteiger partial charge is 0.261 e. The Hall–Kier alpha value is -3.72. The lowest BCUT2D eigenvalue weighted by molar-refractivity contribution is 0.0535. The first-order valence-corrected chi connectivity index (χ1v) is 11.8. The predicted octanol–water partition coefficient (Wildman–Crippen LogP) is 3.22. The summed E-state index contributed by atoms with van der Waals surface area (Å²) in [5.74, 6) is -0.939. The van der Waals surface area contributed by atoms with Crippen molar-refractivity contribution in [3.05, 3.63) is 95.8 Å². The number of hydrogen-bond donors (Lipinski definition) is 1. The number of nitrogens with zero attached hydrogens (tertiary/aromatic N) is 2. The fourth-order valence-corrected chi connectivity index (χ4v) is 4.67. The van der Waals surface area contributed by atoms with Gasteiger partial charge >= 0.3 is 0 Å². The van der Waals surface area contributed by atoms with E-state index in [0.29, 0.717) is 37.4 Å². The van der Waals surface area contributed by atoms with Gasteiger partial charge in [0.1, 0.15) is 5.82 Å². The van der Waals surface area contributed by atoms with Gasteiger partial charge in [-0.2, -0.15) is 0 Å². The molecule has 33 heavy (non-hydrogen) atoms. The molecule has 1 aliphatic heterocycles. The highest BCUT2D eigenvalue weighted by molar-refractivity contribution is 7.92. The highest BCUT2D eigenvalue weighted by Gasteiger charge is 2.26. The molecule has 7 nitrogen and oxygen atoms in total. The molecule has 0 aromatic heterocycles. The molecule has 1 N–H and O–H groups in total. The molecule has 0 spiro atoms. The maximum Gasteiger partial charge on any atom is 0.261 e. The van der Waals surface area contributed by atoms with Crippen molar-refractivity contribution >= 4 is 27.5 Å². The van der Waals surface area contributed by atoms with E-state index in [0.717, 1.165) is 0 Å². The molecule has 1 heterocycles. The van der Waals surface area contributed by atoms with Crippen LogP contribution < -0.4 is 4.72 Å². The Morgan fingerprint density at radius 3 is 1.88 bits per heavy atom. The van der Waals surface area contributed by atoms with E-state index in [9.17, 15) is 22.4 Å². The minimum Gasteiger partial charge on any atom is -0.335 e. The minimum absolute atomic E-state index is 0.149. The molecule has 0 saturated carbocycles. The molecule has 4 rings (SSSR count). The molecule has 1 aliphatic rings. The van der Waals surface area contributed by atoms with E-state index in [1.165, 1.54) is 42.5 Å². The van der Waals surface area contributed by atoms with Gasteiger partial charge in [0.2, 0.25) is 0 Å². The van der Waals surface area contributed by atoms with Gasteiger partial charge in [-0.3, -0.25) is 14.3 Å². The average molecular weight is 468 g/mol. The second-order valence-electron chi connectivity index (χ2n) is 7.59.